The normalized spacial score (nSPS) is 13.2. The molecule has 2 atom stereocenters. The second-order valence-electron chi connectivity index (χ2n) is 13.9. The zero-order chi connectivity index (χ0) is 38.0. The van der Waals surface area contributed by atoms with Gasteiger partial charge in [-0.2, -0.15) is 5.10 Å². The molecule has 274 valence electrons. The van der Waals surface area contributed by atoms with Crippen LogP contribution in [0.3, 0.4) is 0 Å². The Morgan fingerprint density at radius 1 is 0.778 bits per heavy atom. The van der Waals surface area contributed by atoms with Gasteiger partial charge in [-0.05, 0) is 48.1 Å². The van der Waals surface area contributed by atoms with E-state index in [2.05, 4.69) is 39.9 Å². The molecule has 0 unspecified atom stereocenters. The van der Waals surface area contributed by atoms with Gasteiger partial charge in [0.15, 0.2) is 0 Å². The standard InChI is InChI=1S/C44H44N6O4/c1-4-31-20-38(26-45-24-31)43(53)49(3)30-41(52)23-34-12-8-11-33(19-34)17-18-50-42(36-15-16-36)37(28-47-50)14-13-35-21-39(27-46-25-35)44(54)48(2)29-40(51)22-32-9-6-5-7-10-32/h1,5-12,19-21,24-28,36,40-41,51-52H,15-18,22-23,29-30H2,2-3H3/t40-,41-/m0/s1. The number of aryl methyl sites for hydroxylation is 2. The summed E-state index contributed by atoms with van der Waals surface area (Å²) in [4.78, 5) is 37.4. The fourth-order valence-corrected chi connectivity index (χ4v) is 6.53. The Labute approximate surface area is 316 Å². The number of rotatable bonds is 14. The van der Waals surface area contributed by atoms with Gasteiger partial charge in [0.05, 0.1) is 40.8 Å². The van der Waals surface area contributed by atoms with Gasteiger partial charge in [0.1, 0.15) is 0 Å². The zero-order valence-corrected chi connectivity index (χ0v) is 30.6. The molecule has 1 fully saturated rings. The van der Waals surface area contributed by atoms with E-state index in [9.17, 15) is 19.8 Å². The van der Waals surface area contributed by atoms with Gasteiger partial charge in [-0.3, -0.25) is 24.2 Å². The molecule has 0 aliphatic heterocycles. The summed E-state index contributed by atoms with van der Waals surface area (Å²) in [6, 6.07) is 21.2. The Morgan fingerprint density at radius 3 is 2.02 bits per heavy atom. The topological polar surface area (TPSA) is 125 Å². The van der Waals surface area contributed by atoms with Crippen molar-refractivity contribution in [3.63, 3.8) is 0 Å². The van der Waals surface area contributed by atoms with Crippen LogP contribution in [0.25, 0.3) is 0 Å². The van der Waals surface area contributed by atoms with Gasteiger partial charge in [0.2, 0.25) is 0 Å². The van der Waals surface area contributed by atoms with Gasteiger partial charge in [-0.15, -0.1) is 6.42 Å². The molecular weight excluding hydrogens is 677 g/mol. The molecule has 1 aliphatic carbocycles. The maximum absolute atomic E-state index is 13.2. The molecule has 0 bridgehead atoms. The molecule has 1 aliphatic rings. The first-order valence-electron chi connectivity index (χ1n) is 18.1. The number of aliphatic hydroxyl groups is 2. The summed E-state index contributed by atoms with van der Waals surface area (Å²) in [5.41, 5.74) is 7.05. The molecule has 2 amide bonds. The average Bonchev–Trinajstić information content (AvgIpc) is 3.94. The fourth-order valence-electron chi connectivity index (χ4n) is 6.53. The molecule has 6 rings (SSSR count). The lowest BCUT2D eigenvalue weighted by Crippen LogP contribution is -2.35. The number of terminal acetylenes is 1. The molecular formula is C44H44N6O4. The minimum absolute atomic E-state index is 0.165. The second kappa shape index (κ2) is 17.6. The number of hydrogen-bond donors (Lipinski definition) is 2. The molecule has 0 radical (unpaired) electrons. The largest absolute Gasteiger partial charge is 0.391 e. The van der Waals surface area contributed by atoms with Gasteiger partial charge < -0.3 is 20.0 Å². The van der Waals surface area contributed by atoms with Crippen molar-refractivity contribution in [2.24, 2.45) is 0 Å². The molecule has 2 aromatic carbocycles. The third kappa shape index (κ3) is 10.1. The Bertz CT molecular complexity index is 2190. The number of nitrogens with zero attached hydrogens (tertiary/aromatic N) is 6. The van der Waals surface area contributed by atoms with E-state index < -0.39 is 12.2 Å². The van der Waals surface area contributed by atoms with Gasteiger partial charge in [0.25, 0.3) is 11.8 Å². The third-order valence-corrected chi connectivity index (χ3v) is 9.37. The van der Waals surface area contributed by atoms with Crippen LogP contribution in [0.4, 0.5) is 0 Å². The monoisotopic (exact) mass is 720 g/mol. The molecule has 10 nitrogen and oxygen atoms in total. The van der Waals surface area contributed by atoms with Crippen LogP contribution in [0.5, 0.6) is 0 Å². The van der Waals surface area contributed by atoms with Crippen molar-refractivity contribution in [1.82, 2.24) is 29.5 Å². The molecule has 3 heterocycles. The number of likely N-dealkylation sites (N-methyl/N-ethyl adjacent to an activating group) is 2. The highest BCUT2D eigenvalue weighted by molar-refractivity contribution is 5.94. The highest BCUT2D eigenvalue weighted by Gasteiger charge is 2.30. The Morgan fingerprint density at radius 2 is 1.37 bits per heavy atom. The lowest BCUT2D eigenvalue weighted by atomic mass is 10.0. The van der Waals surface area contributed by atoms with Crippen LogP contribution in [0.1, 0.15) is 78.6 Å². The van der Waals surface area contributed by atoms with Crippen molar-refractivity contribution < 1.29 is 19.8 Å². The van der Waals surface area contributed by atoms with E-state index in [1.165, 1.54) is 28.4 Å². The first-order chi connectivity index (χ1) is 26.2. The maximum atomic E-state index is 13.2. The minimum Gasteiger partial charge on any atom is -0.391 e. The number of hydrogen-bond acceptors (Lipinski definition) is 7. The molecule has 3 aromatic heterocycles. The SMILES string of the molecule is C#Cc1cncc(C(=O)N(C)C[C@@H](O)Cc2cccc(CCn3ncc(C#Cc4cncc(C(=O)N(C)C[C@@H](O)Cc5ccccc5)c4)c3C3CC3)c2)c1. The maximum Gasteiger partial charge on any atom is 0.255 e. The van der Waals surface area contributed by atoms with Crippen LogP contribution < -0.4 is 0 Å². The summed E-state index contributed by atoms with van der Waals surface area (Å²) < 4.78 is 2.04. The van der Waals surface area contributed by atoms with E-state index in [-0.39, 0.29) is 24.9 Å². The van der Waals surface area contributed by atoms with Crippen LogP contribution in [-0.2, 0) is 25.8 Å². The van der Waals surface area contributed by atoms with E-state index in [4.69, 9.17) is 11.5 Å². The summed E-state index contributed by atoms with van der Waals surface area (Å²) in [7, 11) is 3.33. The van der Waals surface area contributed by atoms with Crippen molar-refractivity contribution in [1.29, 1.82) is 0 Å². The summed E-state index contributed by atoms with van der Waals surface area (Å²) in [5.74, 6) is 8.90. The van der Waals surface area contributed by atoms with Gasteiger partial charge in [-0.25, -0.2) is 0 Å². The second-order valence-corrected chi connectivity index (χ2v) is 13.9. The van der Waals surface area contributed by atoms with Crippen LogP contribution in [0.15, 0.2) is 97.7 Å². The van der Waals surface area contributed by atoms with Crippen molar-refractivity contribution in [3.8, 4) is 24.2 Å². The predicted molar refractivity (Wildman–Crippen MR) is 207 cm³/mol. The Hall–Kier alpha value is -6.07. The van der Waals surface area contributed by atoms with E-state index >= 15 is 0 Å². The van der Waals surface area contributed by atoms with Crippen molar-refractivity contribution in [2.45, 2.75) is 56.8 Å². The molecule has 1 saturated carbocycles. The number of carbonyl (C=O) groups excluding carboxylic acids is 2. The molecule has 5 aromatic rings. The van der Waals surface area contributed by atoms with E-state index in [1.807, 2.05) is 53.3 Å². The number of pyridine rings is 2. The Kier molecular flexibility index (Phi) is 12.3. The number of aromatic nitrogens is 4. The highest BCUT2D eigenvalue weighted by Crippen LogP contribution is 2.41. The number of carbonyl (C=O) groups is 2. The molecule has 0 saturated heterocycles. The van der Waals surface area contributed by atoms with Crippen LogP contribution >= 0.6 is 0 Å². The summed E-state index contributed by atoms with van der Waals surface area (Å²) in [6.07, 6.45) is 15.8. The smallest absolute Gasteiger partial charge is 0.255 e. The van der Waals surface area contributed by atoms with Gasteiger partial charge >= 0.3 is 0 Å². The van der Waals surface area contributed by atoms with E-state index in [1.54, 1.807) is 32.4 Å². The van der Waals surface area contributed by atoms with Crippen molar-refractivity contribution in [2.75, 3.05) is 27.2 Å². The molecule has 2 N–H and O–H groups in total. The first-order valence-corrected chi connectivity index (χ1v) is 18.1. The van der Waals surface area contributed by atoms with Crippen molar-refractivity contribution >= 4 is 11.8 Å². The predicted octanol–water partition coefficient (Wildman–Crippen LogP) is 4.53. The summed E-state index contributed by atoms with van der Waals surface area (Å²) in [5, 5.41) is 26.1. The van der Waals surface area contributed by atoms with Crippen molar-refractivity contribution in [3.05, 3.63) is 148 Å². The average molecular weight is 721 g/mol. The van der Waals surface area contributed by atoms with Gasteiger partial charge in [-0.1, -0.05) is 72.4 Å². The lowest BCUT2D eigenvalue weighted by Gasteiger charge is -2.21. The van der Waals surface area contributed by atoms with Gasteiger partial charge in [0, 0.05) is 88.4 Å². The molecule has 10 heteroatoms. The first kappa shape index (κ1) is 37.7. The lowest BCUT2D eigenvalue weighted by molar-refractivity contribution is 0.0678. The number of aliphatic hydroxyl groups excluding tert-OH is 2. The third-order valence-electron chi connectivity index (χ3n) is 9.37. The summed E-state index contributed by atoms with van der Waals surface area (Å²) >= 11 is 0. The highest BCUT2D eigenvalue weighted by atomic mass is 16.3. The molecule has 54 heavy (non-hydrogen) atoms. The number of benzene rings is 2. The zero-order valence-electron chi connectivity index (χ0n) is 30.6. The number of amides is 2. The van der Waals surface area contributed by atoms with Crippen LogP contribution in [-0.4, -0.2) is 91.0 Å². The Balaban J connectivity index is 1.05. The van der Waals surface area contributed by atoms with E-state index in [0.717, 1.165) is 47.2 Å². The van der Waals surface area contributed by atoms with E-state index in [0.29, 0.717) is 47.6 Å². The summed E-state index contributed by atoms with van der Waals surface area (Å²) in [6.45, 7) is 1.04. The van der Waals surface area contributed by atoms with Crippen LogP contribution in [0, 0.1) is 24.2 Å². The van der Waals surface area contributed by atoms with Crippen LogP contribution in [0.2, 0.25) is 0 Å². The molecule has 0 spiro atoms. The fraction of sp³-hybridized carbons (Fsp3) is 0.295. The minimum atomic E-state index is -0.751. The quantitative estimate of drug-likeness (QED) is 0.162.